The Balaban J connectivity index is 1.49. The summed E-state index contributed by atoms with van der Waals surface area (Å²) in [7, 11) is 0. The van der Waals surface area contributed by atoms with Crippen LogP contribution in [-0.4, -0.2) is 22.2 Å². The number of amides is 1. The van der Waals surface area contributed by atoms with Crippen LogP contribution in [0.5, 0.6) is 5.75 Å². The van der Waals surface area contributed by atoms with Crippen LogP contribution in [-0.2, 0) is 11.4 Å². The van der Waals surface area contributed by atoms with Crippen LogP contribution in [0.4, 0.5) is 5.69 Å². The average Bonchev–Trinajstić information content (AvgIpc) is 3.13. The number of thioether (sulfide) groups is 1. The quantitative estimate of drug-likeness (QED) is 0.470. The monoisotopic (exact) mass is 464 g/mol. The Labute approximate surface area is 193 Å². The number of carbonyl (C=O) groups excluding carboxylic acids is 1. The van der Waals surface area contributed by atoms with Gasteiger partial charge in [0, 0.05) is 10.6 Å². The first-order chi connectivity index (χ1) is 15.5. The van der Waals surface area contributed by atoms with Crippen molar-refractivity contribution >= 4 is 52.2 Å². The fraction of sp³-hybridized carbons (Fsp3) is 0.0417. The zero-order chi connectivity index (χ0) is 22.5. The van der Waals surface area contributed by atoms with Gasteiger partial charge in [-0.15, -0.1) is 0 Å². The van der Waals surface area contributed by atoms with E-state index in [1.165, 1.54) is 23.9 Å². The van der Waals surface area contributed by atoms with Crippen molar-refractivity contribution in [2.75, 3.05) is 0 Å². The van der Waals surface area contributed by atoms with Crippen LogP contribution < -0.4 is 10.1 Å². The molecule has 0 radical (unpaired) electrons. The van der Waals surface area contributed by atoms with Crippen molar-refractivity contribution in [3.63, 3.8) is 0 Å². The Hall–Kier alpha value is -3.55. The molecule has 0 atom stereocenters. The standard InChI is InChI=1S/C24H17ClN2O4S/c25-18-9-11-19(12-10-18)26-24-27-22(28)21(32-24)13-17-3-1-2-4-20(17)31-14-15-5-7-16(8-6-15)23(29)30/h1-13H,14H2,(H,29,30)(H,26,27,28)/b21-13-. The van der Waals surface area contributed by atoms with Crippen LogP contribution in [0.25, 0.3) is 6.08 Å². The van der Waals surface area contributed by atoms with Crippen molar-refractivity contribution < 1.29 is 19.4 Å². The molecule has 0 bridgehead atoms. The van der Waals surface area contributed by atoms with Gasteiger partial charge in [-0.2, -0.15) is 0 Å². The van der Waals surface area contributed by atoms with E-state index in [2.05, 4.69) is 10.3 Å². The Morgan fingerprint density at radius 1 is 1.06 bits per heavy atom. The van der Waals surface area contributed by atoms with Gasteiger partial charge in [-0.3, -0.25) is 4.79 Å². The second-order valence-electron chi connectivity index (χ2n) is 6.79. The molecule has 1 aliphatic heterocycles. The third kappa shape index (κ3) is 5.38. The van der Waals surface area contributed by atoms with Crippen molar-refractivity contribution in [1.82, 2.24) is 5.32 Å². The van der Waals surface area contributed by atoms with Gasteiger partial charge >= 0.3 is 5.97 Å². The van der Waals surface area contributed by atoms with Gasteiger partial charge in [0.05, 0.1) is 16.2 Å². The molecule has 0 unspecified atom stereocenters. The average molecular weight is 465 g/mol. The highest BCUT2D eigenvalue weighted by Gasteiger charge is 2.24. The zero-order valence-corrected chi connectivity index (χ0v) is 18.2. The van der Waals surface area contributed by atoms with Gasteiger partial charge in [0.25, 0.3) is 5.91 Å². The summed E-state index contributed by atoms with van der Waals surface area (Å²) in [5, 5.41) is 12.9. The van der Waals surface area contributed by atoms with Crippen LogP contribution in [0.2, 0.25) is 5.02 Å². The normalized spacial score (nSPS) is 15.7. The first kappa shape index (κ1) is 21.7. The summed E-state index contributed by atoms with van der Waals surface area (Å²) in [5.41, 5.74) is 2.50. The van der Waals surface area contributed by atoms with Crippen molar-refractivity contribution in [2.24, 2.45) is 4.99 Å². The Kier molecular flexibility index (Phi) is 6.58. The molecule has 3 aromatic carbocycles. The summed E-state index contributed by atoms with van der Waals surface area (Å²) in [6.07, 6.45) is 1.76. The fourth-order valence-corrected chi connectivity index (χ4v) is 3.85. The number of rotatable bonds is 6. The minimum atomic E-state index is -0.972. The van der Waals surface area contributed by atoms with E-state index in [0.29, 0.717) is 26.5 Å². The van der Waals surface area contributed by atoms with Gasteiger partial charge < -0.3 is 15.2 Å². The largest absolute Gasteiger partial charge is 0.488 e. The lowest BCUT2D eigenvalue weighted by atomic mass is 10.1. The molecule has 8 heteroatoms. The van der Waals surface area contributed by atoms with Crippen molar-refractivity contribution in [3.05, 3.63) is 99.4 Å². The van der Waals surface area contributed by atoms with Crippen molar-refractivity contribution in [2.45, 2.75) is 6.61 Å². The molecule has 2 N–H and O–H groups in total. The molecule has 3 aromatic rings. The molecule has 0 spiro atoms. The van der Waals surface area contributed by atoms with Crippen LogP contribution >= 0.6 is 23.4 Å². The molecule has 6 nitrogen and oxygen atoms in total. The number of para-hydroxylation sites is 1. The Bertz CT molecular complexity index is 1220. The topological polar surface area (TPSA) is 88.0 Å². The lowest BCUT2D eigenvalue weighted by molar-refractivity contribution is -0.115. The fourth-order valence-electron chi connectivity index (χ4n) is 2.89. The van der Waals surface area contributed by atoms with Gasteiger partial charge in [-0.05, 0) is 65.9 Å². The van der Waals surface area contributed by atoms with Gasteiger partial charge in [0.15, 0.2) is 5.17 Å². The summed E-state index contributed by atoms with van der Waals surface area (Å²) in [6.45, 7) is 0.267. The van der Waals surface area contributed by atoms with Crippen LogP contribution in [0.1, 0.15) is 21.5 Å². The minimum absolute atomic E-state index is 0.222. The number of ether oxygens (including phenoxy) is 1. The van der Waals surface area contributed by atoms with Gasteiger partial charge in [0.2, 0.25) is 0 Å². The molecule has 4 rings (SSSR count). The lowest BCUT2D eigenvalue weighted by Crippen LogP contribution is -2.19. The van der Waals surface area contributed by atoms with E-state index in [-0.39, 0.29) is 18.1 Å². The molecule has 160 valence electrons. The lowest BCUT2D eigenvalue weighted by Gasteiger charge is -2.10. The maximum absolute atomic E-state index is 12.4. The third-order valence-corrected chi connectivity index (χ3v) is 5.67. The van der Waals surface area contributed by atoms with Crippen LogP contribution in [0.15, 0.2) is 82.7 Å². The van der Waals surface area contributed by atoms with E-state index < -0.39 is 5.97 Å². The molecule has 0 saturated carbocycles. The maximum Gasteiger partial charge on any atom is 0.335 e. The molecule has 0 aromatic heterocycles. The predicted molar refractivity (Wildman–Crippen MR) is 126 cm³/mol. The summed E-state index contributed by atoms with van der Waals surface area (Å²) < 4.78 is 5.93. The number of nitrogens with zero attached hydrogens (tertiary/aromatic N) is 1. The highest BCUT2D eigenvalue weighted by molar-refractivity contribution is 8.18. The molecule has 0 aliphatic carbocycles. The van der Waals surface area contributed by atoms with E-state index in [1.54, 1.807) is 42.5 Å². The van der Waals surface area contributed by atoms with Gasteiger partial charge in [-0.25, -0.2) is 9.79 Å². The first-order valence-electron chi connectivity index (χ1n) is 9.57. The number of nitrogens with one attached hydrogen (secondary N) is 1. The molecule has 1 aliphatic rings. The molecule has 1 saturated heterocycles. The summed E-state index contributed by atoms with van der Waals surface area (Å²) in [4.78, 5) is 28.3. The Morgan fingerprint density at radius 2 is 1.78 bits per heavy atom. The second kappa shape index (κ2) is 9.72. The molecular formula is C24H17ClN2O4S. The molecule has 1 fully saturated rings. The summed E-state index contributed by atoms with van der Waals surface area (Å²) >= 11 is 7.14. The van der Waals surface area contributed by atoms with Gasteiger partial charge in [0.1, 0.15) is 12.4 Å². The number of carbonyl (C=O) groups is 2. The maximum atomic E-state index is 12.4. The van der Waals surface area contributed by atoms with Crippen molar-refractivity contribution in [1.29, 1.82) is 0 Å². The third-order valence-electron chi connectivity index (χ3n) is 4.51. The van der Waals surface area contributed by atoms with Crippen molar-refractivity contribution in [3.8, 4) is 5.75 Å². The zero-order valence-electron chi connectivity index (χ0n) is 16.6. The van der Waals surface area contributed by atoms with E-state index >= 15 is 0 Å². The van der Waals surface area contributed by atoms with Gasteiger partial charge in [-0.1, -0.05) is 41.9 Å². The number of hydrogen-bond donors (Lipinski definition) is 2. The highest BCUT2D eigenvalue weighted by atomic mass is 35.5. The summed E-state index contributed by atoms with van der Waals surface area (Å²) in [5.74, 6) is -0.596. The minimum Gasteiger partial charge on any atom is -0.488 e. The number of amidine groups is 1. The van der Waals surface area contributed by atoms with E-state index in [0.717, 1.165) is 11.1 Å². The Morgan fingerprint density at radius 3 is 2.50 bits per heavy atom. The van der Waals surface area contributed by atoms with E-state index in [9.17, 15) is 9.59 Å². The molecule has 32 heavy (non-hydrogen) atoms. The second-order valence-corrected chi connectivity index (χ2v) is 8.25. The predicted octanol–water partition coefficient (Wildman–Crippen LogP) is 5.51. The van der Waals surface area contributed by atoms with Crippen LogP contribution in [0.3, 0.4) is 0 Å². The number of carboxylic acid groups (broad SMARTS) is 1. The molecule has 1 amide bonds. The number of benzene rings is 3. The number of halogens is 1. The summed E-state index contributed by atoms with van der Waals surface area (Å²) in [6, 6.07) is 20.9. The van der Waals surface area contributed by atoms with E-state index in [1.807, 2.05) is 24.3 Å². The molecular weight excluding hydrogens is 448 g/mol. The smallest absolute Gasteiger partial charge is 0.335 e. The number of aromatic carboxylic acids is 1. The number of aliphatic imine (C=N–C) groups is 1. The number of carboxylic acids is 1. The number of hydrogen-bond acceptors (Lipinski definition) is 5. The SMILES string of the molecule is O=C1NC(=Nc2ccc(Cl)cc2)S/C1=C\c1ccccc1OCc1ccc(C(=O)O)cc1. The first-order valence-corrected chi connectivity index (χ1v) is 10.8. The molecule has 1 heterocycles. The van der Waals surface area contributed by atoms with E-state index in [4.69, 9.17) is 21.4 Å². The van der Waals surface area contributed by atoms with Crippen LogP contribution in [0, 0.1) is 0 Å². The highest BCUT2D eigenvalue weighted by Crippen LogP contribution is 2.31.